The van der Waals surface area contributed by atoms with Crippen LogP contribution in [0.25, 0.3) is 27.6 Å². The van der Waals surface area contributed by atoms with Crippen LogP contribution in [0.15, 0.2) is 47.3 Å². The molecule has 1 amide bonds. The normalized spacial score (nSPS) is 17.4. The Morgan fingerprint density at radius 2 is 1.76 bits per heavy atom. The van der Waals surface area contributed by atoms with Crippen molar-refractivity contribution in [3.05, 3.63) is 97.8 Å². The first-order valence-corrected chi connectivity index (χ1v) is 19.7. The fourth-order valence-corrected chi connectivity index (χ4v) is 8.27. The first-order valence-electron chi connectivity index (χ1n) is 18.1. The lowest BCUT2D eigenvalue weighted by atomic mass is 10.0. The van der Waals surface area contributed by atoms with E-state index in [0.717, 1.165) is 40.8 Å². The van der Waals surface area contributed by atoms with E-state index in [1.807, 2.05) is 0 Å². The van der Waals surface area contributed by atoms with Gasteiger partial charge in [-0.15, -0.1) is 0 Å². The Morgan fingerprint density at radius 3 is 2.42 bits per heavy atom. The first-order chi connectivity index (χ1) is 29.1. The van der Waals surface area contributed by atoms with E-state index >= 15 is 8.78 Å². The zero-order valence-corrected chi connectivity index (χ0v) is 33.1. The molecule has 25 heteroatoms. The van der Waals surface area contributed by atoms with Gasteiger partial charge in [-0.05, 0) is 48.2 Å². The summed E-state index contributed by atoms with van der Waals surface area (Å²) in [6, 6.07) is 5.06. The standard InChI is InChI=1S/C37H27ClF11N9O3S/c1-56-28-22(5-4-20(38)26(28)32(54-56)55-62-2)58-33(52-31-17(34(58)60)3-6-24(51-31)61-13-35(43,44)37(47,48)49)21(9-14-7-15(39)10-16(40)8-14)50-23(59)12-57-29-25(27(53-57)30(41)42)18-11-19(18)36(29,45)46/h3-8,10,18-19,21,30H,9,11-13H2,1-2H3,(H,50,59)(H,54,55). The van der Waals surface area contributed by atoms with Crippen LogP contribution in [0.5, 0.6) is 5.88 Å². The van der Waals surface area contributed by atoms with Crippen LogP contribution in [-0.2, 0) is 30.7 Å². The van der Waals surface area contributed by atoms with Gasteiger partial charge in [-0.2, -0.15) is 45.9 Å². The number of amides is 1. The Kier molecular flexibility index (Phi) is 10.6. The summed E-state index contributed by atoms with van der Waals surface area (Å²) >= 11 is 7.74. The van der Waals surface area contributed by atoms with E-state index in [9.17, 15) is 49.1 Å². The van der Waals surface area contributed by atoms with E-state index < -0.39 is 114 Å². The number of aryl methyl sites for hydroxylation is 1. The largest absolute Gasteiger partial charge is 0.471 e. The van der Waals surface area contributed by atoms with Gasteiger partial charge >= 0.3 is 12.1 Å². The minimum Gasteiger partial charge on any atom is -0.471 e. The number of alkyl halides is 9. The molecule has 0 spiro atoms. The van der Waals surface area contributed by atoms with E-state index in [1.54, 1.807) is 6.26 Å². The molecule has 1 fully saturated rings. The Morgan fingerprint density at radius 1 is 1.05 bits per heavy atom. The van der Waals surface area contributed by atoms with Crippen LogP contribution in [0.1, 0.15) is 53.1 Å². The predicted octanol–water partition coefficient (Wildman–Crippen LogP) is 8.31. The van der Waals surface area contributed by atoms with Crippen molar-refractivity contribution in [2.45, 2.75) is 55.8 Å². The Balaban J connectivity index is 1.31. The Labute approximate surface area is 349 Å². The number of nitrogens with zero attached hydrogens (tertiary/aromatic N) is 7. The number of halogens is 12. The molecule has 0 bridgehead atoms. The molecule has 0 saturated heterocycles. The second-order valence-electron chi connectivity index (χ2n) is 14.5. The number of pyridine rings is 1. The zero-order chi connectivity index (χ0) is 44.8. The predicted molar refractivity (Wildman–Crippen MR) is 201 cm³/mol. The molecule has 6 aromatic rings. The lowest BCUT2D eigenvalue weighted by molar-refractivity contribution is -0.290. The van der Waals surface area contributed by atoms with Crippen LogP contribution in [0.3, 0.4) is 0 Å². The average Bonchev–Trinajstić information content (AvgIpc) is 3.71. The van der Waals surface area contributed by atoms with Crippen molar-refractivity contribution in [2.24, 2.45) is 13.0 Å². The fraction of sp³-hybridized carbons (Fsp3) is 0.351. The van der Waals surface area contributed by atoms with Crippen LogP contribution < -0.4 is 20.3 Å². The molecule has 2 N–H and O–H groups in total. The number of ether oxygens (including phenoxy) is 1. The van der Waals surface area contributed by atoms with Gasteiger partial charge in [0, 0.05) is 43.3 Å². The van der Waals surface area contributed by atoms with Crippen molar-refractivity contribution >= 4 is 57.2 Å². The summed E-state index contributed by atoms with van der Waals surface area (Å²) in [5.41, 5.74) is -3.87. The molecule has 0 radical (unpaired) electrons. The number of nitrogens with one attached hydrogen (secondary N) is 2. The third-order valence-electron chi connectivity index (χ3n) is 10.4. The minimum absolute atomic E-state index is 0.0388. The fourth-order valence-electron chi connectivity index (χ4n) is 7.69. The van der Waals surface area contributed by atoms with E-state index in [4.69, 9.17) is 11.6 Å². The van der Waals surface area contributed by atoms with Crippen molar-refractivity contribution in [2.75, 3.05) is 17.6 Å². The number of anilines is 1. The molecule has 4 heterocycles. The van der Waals surface area contributed by atoms with Crippen molar-refractivity contribution in [3.8, 4) is 11.6 Å². The molecule has 3 atom stereocenters. The molecule has 4 aromatic heterocycles. The van der Waals surface area contributed by atoms with Crippen molar-refractivity contribution in [3.63, 3.8) is 0 Å². The molecule has 3 unspecified atom stereocenters. The van der Waals surface area contributed by atoms with Crippen LogP contribution in [0.2, 0.25) is 5.02 Å². The molecule has 12 nitrogen and oxygen atoms in total. The summed E-state index contributed by atoms with van der Waals surface area (Å²) in [4.78, 5) is 37.0. The molecule has 2 aliphatic carbocycles. The Hall–Kier alpha value is -5.65. The van der Waals surface area contributed by atoms with Gasteiger partial charge in [-0.3, -0.25) is 23.5 Å². The quantitative estimate of drug-likeness (QED) is 0.0867. The molecule has 328 valence electrons. The number of rotatable bonds is 13. The van der Waals surface area contributed by atoms with Crippen LogP contribution >= 0.6 is 23.5 Å². The summed E-state index contributed by atoms with van der Waals surface area (Å²) in [6.45, 7) is -3.32. The third-order valence-corrected chi connectivity index (χ3v) is 11.1. The highest BCUT2D eigenvalue weighted by atomic mass is 35.5. The number of carbonyl (C=O) groups is 1. The second kappa shape index (κ2) is 15.3. The summed E-state index contributed by atoms with van der Waals surface area (Å²) in [7, 11) is 1.49. The van der Waals surface area contributed by atoms with Gasteiger partial charge < -0.3 is 14.8 Å². The van der Waals surface area contributed by atoms with E-state index in [-0.39, 0.29) is 50.4 Å². The molecule has 2 aromatic carbocycles. The number of hydrogen-bond acceptors (Lipinski definition) is 9. The molecule has 2 aliphatic rings. The second-order valence-corrected chi connectivity index (χ2v) is 15.5. The van der Waals surface area contributed by atoms with Gasteiger partial charge in [0.2, 0.25) is 11.8 Å². The van der Waals surface area contributed by atoms with Crippen molar-refractivity contribution < 1.29 is 57.8 Å². The van der Waals surface area contributed by atoms with Crippen molar-refractivity contribution in [1.29, 1.82) is 0 Å². The number of benzene rings is 2. The summed E-state index contributed by atoms with van der Waals surface area (Å²) < 4.78 is 165. The first kappa shape index (κ1) is 43.0. The van der Waals surface area contributed by atoms with Gasteiger partial charge in [0.15, 0.2) is 18.1 Å². The van der Waals surface area contributed by atoms with Crippen molar-refractivity contribution in [1.82, 2.24) is 39.4 Å². The maximum absolute atomic E-state index is 15.4. The van der Waals surface area contributed by atoms with Gasteiger partial charge in [0.25, 0.3) is 17.9 Å². The SMILES string of the molecule is CSNc1nn(C)c2c(-n3c(C(Cc4cc(F)cc(F)c4)NC(=O)Cn4nc(C(F)F)c5c4C(F)(F)C4CC54)nc4nc(OCC(F)(F)C(F)(F)F)ccc4c3=O)ccc(Cl)c12. The van der Waals surface area contributed by atoms with Crippen LogP contribution in [-0.4, -0.2) is 65.0 Å². The number of aromatic nitrogens is 7. The molecular weight excluding hydrogens is 895 g/mol. The smallest absolute Gasteiger partial charge is 0.456 e. The summed E-state index contributed by atoms with van der Waals surface area (Å²) in [6.07, 6.45) is -8.29. The van der Waals surface area contributed by atoms with Gasteiger partial charge in [-0.25, -0.2) is 22.5 Å². The topological polar surface area (TPSA) is 134 Å². The maximum atomic E-state index is 15.4. The molecular formula is C37H27ClF11N9O3S. The van der Waals surface area contributed by atoms with E-state index in [2.05, 4.69) is 34.9 Å². The molecule has 8 rings (SSSR count). The average molecular weight is 922 g/mol. The number of fused-ring (bicyclic) bond motifs is 5. The highest BCUT2D eigenvalue weighted by Crippen LogP contribution is 2.68. The monoisotopic (exact) mass is 921 g/mol. The summed E-state index contributed by atoms with van der Waals surface area (Å²) in [5.74, 6) is -15.6. The van der Waals surface area contributed by atoms with E-state index in [0.29, 0.717) is 10.7 Å². The van der Waals surface area contributed by atoms with Gasteiger partial charge in [0.1, 0.15) is 35.4 Å². The highest BCUT2D eigenvalue weighted by molar-refractivity contribution is 7.99. The molecule has 1 saturated carbocycles. The van der Waals surface area contributed by atoms with E-state index in [1.165, 1.54) is 23.9 Å². The molecule has 62 heavy (non-hydrogen) atoms. The number of carbonyl (C=O) groups excluding carboxylic acids is 1. The minimum atomic E-state index is -6.00. The zero-order valence-electron chi connectivity index (χ0n) is 31.5. The van der Waals surface area contributed by atoms with Crippen LogP contribution in [0, 0.1) is 17.6 Å². The van der Waals surface area contributed by atoms with Crippen LogP contribution in [0.4, 0.5) is 54.1 Å². The third kappa shape index (κ3) is 7.42. The molecule has 0 aliphatic heterocycles. The summed E-state index contributed by atoms with van der Waals surface area (Å²) in [5, 5.41) is 10.6. The number of hydrogen-bond donors (Lipinski definition) is 2. The lowest BCUT2D eigenvalue weighted by Gasteiger charge is -2.24. The Bertz CT molecular complexity index is 2830. The highest BCUT2D eigenvalue weighted by Gasteiger charge is 2.67. The van der Waals surface area contributed by atoms with Gasteiger partial charge in [-0.1, -0.05) is 23.5 Å². The van der Waals surface area contributed by atoms with Gasteiger partial charge in [0.05, 0.1) is 33.0 Å². The maximum Gasteiger partial charge on any atom is 0.456 e. The lowest BCUT2D eigenvalue weighted by Crippen LogP contribution is -2.41.